The van der Waals surface area contributed by atoms with Crippen LogP contribution in [0.15, 0.2) is 33.8 Å². The molecule has 1 aromatic carbocycles. The van der Waals surface area contributed by atoms with Crippen LogP contribution in [-0.2, 0) is 5.75 Å². The maximum Gasteiger partial charge on any atom is 0.226 e. The Morgan fingerprint density at radius 3 is 2.44 bits per heavy atom. The van der Waals surface area contributed by atoms with Crippen LogP contribution in [0.4, 0.5) is 0 Å². The van der Waals surface area contributed by atoms with Gasteiger partial charge in [0.2, 0.25) is 11.8 Å². The molecule has 3 rings (SSSR count). The number of rotatable bonds is 8. The molecule has 2 heterocycles. The molecule has 1 atom stereocenters. The second kappa shape index (κ2) is 8.53. The van der Waals surface area contributed by atoms with Crippen molar-refractivity contribution in [3.8, 4) is 11.4 Å². The molecule has 9 heteroatoms. The van der Waals surface area contributed by atoms with Gasteiger partial charge in [0.1, 0.15) is 5.75 Å². The van der Waals surface area contributed by atoms with E-state index < -0.39 is 0 Å². The van der Waals surface area contributed by atoms with Gasteiger partial charge in [0.05, 0.1) is 18.9 Å². The van der Waals surface area contributed by atoms with E-state index in [1.165, 1.54) is 11.8 Å². The van der Waals surface area contributed by atoms with E-state index in [0.717, 1.165) is 28.8 Å². The van der Waals surface area contributed by atoms with Gasteiger partial charge in [0.25, 0.3) is 0 Å². The molecule has 0 bridgehead atoms. The average Bonchev–Trinajstić information content (AvgIpc) is 3.26. The van der Waals surface area contributed by atoms with Crippen LogP contribution in [0.3, 0.4) is 0 Å². The van der Waals surface area contributed by atoms with Crippen molar-refractivity contribution >= 4 is 11.8 Å². The number of hydrogen-bond acceptors (Lipinski definition) is 8. The van der Waals surface area contributed by atoms with Crippen molar-refractivity contribution in [1.82, 2.24) is 29.9 Å². The van der Waals surface area contributed by atoms with Crippen molar-refractivity contribution in [3.05, 3.63) is 41.9 Å². The SMILES string of the molecule is CCC(c1nnc(SCc2nnc(C)o2)n1-c1ccc(OC)cc1)N(C)C. The lowest BCUT2D eigenvalue weighted by Gasteiger charge is -2.23. The molecule has 0 saturated carbocycles. The lowest BCUT2D eigenvalue weighted by Crippen LogP contribution is -2.22. The first-order valence-electron chi connectivity index (χ1n) is 8.71. The highest BCUT2D eigenvalue weighted by Crippen LogP contribution is 2.30. The van der Waals surface area contributed by atoms with Gasteiger partial charge in [-0.15, -0.1) is 20.4 Å². The number of ether oxygens (including phenoxy) is 1. The number of aryl methyl sites for hydroxylation is 1. The van der Waals surface area contributed by atoms with Crippen molar-refractivity contribution < 1.29 is 9.15 Å². The fraction of sp³-hybridized carbons (Fsp3) is 0.444. The van der Waals surface area contributed by atoms with Crippen molar-refractivity contribution in [2.45, 2.75) is 37.2 Å². The average molecular weight is 388 g/mol. The van der Waals surface area contributed by atoms with Crippen molar-refractivity contribution in [2.75, 3.05) is 21.2 Å². The minimum Gasteiger partial charge on any atom is -0.497 e. The molecule has 0 N–H and O–H groups in total. The summed E-state index contributed by atoms with van der Waals surface area (Å²) in [6, 6.07) is 8.04. The summed E-state index contributed by atoms with van der Waals surface area (Å²) < 4.78 is 12.8. The third kappa shape index (κ3) is 4.30. The van der Waals surface area contributed by atoms with Crippen LogP contribution >= 0.6 is 11.8 Å². The summed E-state index contributed by atoms with van der Waals surface area (Å²) in [6.07, 6.45) is 0.925. The van der Waals surface area contributed by atoms with Crippen LogP contribution in [0.1, 0.15) is 37.0 Å². The summed E-state index contributed by atoms with van der Waals surface area (Å²) in [5, 5.41) is 17.6. The molecule has 0 aliphatic rings. The predicted octanol–water partition coefficient (Wildman–Crippen LogP) is 3.27. The normalized spacial score (nSPS) is 12.5. The fourth-order valence-electron chi connectivity index (χ4n) is 2.87. The molecule has 1 unspecified atom stereocenters. The Balaban J connectivity index is 1.97. The summed E-state index contributed by atoms with van der Waals surface area (Å²) in [5.74, 6) is 3.37. The Labute approximate surface area is 162 Å². The lowest BCUT2D eigenvalue weighted by atomic mass is 10.2. The lowest BCUT2D eigenvalue weighted by molar-refractivity contribution is 0.276. The van der Waals surface area contributed by atoms with Gasteiger partial charge in [-0.3, -0.25) is 9.47 Å². The number of nitrogens with zero attached hydrogens (tertiary/aromatic N) is 6. The standard InChI is InChI=1S/C18H24N6O2S/c1-6-15(23(3)4)17-21-22-18(27-11-16-20-19-12(2)26-16)24(17)13-7-9-14(25-5)10-8-13/h7-10,15H,6,11H2,1-5H3. The van der Waals surface area contributed by atoms with E-state index in [1.54, 1.807) is 14.0 Å². The van der Waals surface area contributed by atoms with E-state index in [9.17, 15) is 0 Å². The van der Waals surface area contributed by atoms with E-state index in [2.05, 4.69) is 50.9 Å². The van der Waals surface area contributed by atoms with Gasteiger partial charge in [0.15, 0.2) is 11.0 Å². The first-order chi connectivity index (χ1) is 13.0. The zero-order valence-electron chi connectivity index (χ0n) is 16.2. The fourth-order valence-corrected chi connectivity index (χ4v) is 3.66. The van der Waals surface area contributed by atoms with Crippen LogP contribution in [-0.4, -0.2) is 51.1 Å². The largest absolute Gasteiger partial charge is 0.497 e. The van der Waals surface area contributed by atoms with Gasteiger partial charge in [-0.1, -0.05) is 18.7 Å². The van der Waals surface area contributed by atoms with E-state index in [-0.39, 0.29) is 6.04 Å². The highest BCUT2D eigenvalue weighted by Gasteiger charge is 2.23. The highest BCUT2D eigenvalue weighted by molar-refractivity contribution is 7.98. The molecule has 0 aliphatic carbocycles. The van der Waals surface area contributed by atoms with E-state index in [1.807, 2.05) is 24.3 Å². The van der Waals surface area contributed by atoms with Crippen molar-refractivity contribution in [2.24, 2.45) is 0 Å². The van der Waals surface area contributed by atoms with E-state index >= 15 is 0 Å². The molecule has 27 heavy (non-hydrogen) atoms. The third-order valence-electron chi connectivity index (χ3n) is 4.19. The Bertz CT molecular complexity index is 874. The monoisotopic (exact) mass is 388 g/mol. The number of benzene rings is 1. The number of aromatic nitrogens is 5. The van der Waals surface area contributed by atoms with Crippen molar-refractivity contribution in [3.63, 3.8) is 0 Å². The molecule has 144 valence electrons. The van der Waals surface area contributed by atoms with Crippen molar-refractivity contribution in [1.29, 1.82) is 0 Å². The van der Waals surface area contributed by atoms with E-state index in [0.29, 0.717) is 17.5 Å². The molecule has 0 fully saturated rings. The van der Waals surface area contributed by atoms with Gasteiger partial charge in [0, 0.05) is 12.6 Å². The number of hydrogen-bond donors (Lipinski definition) is 0. The predicted molar refractivity (Wildman–Crippen MR) is 103 cm³/mol. The number of thioether (sulfide) groups is 1. The van der Waals surface area contributed by atoms with Crippen LogP contribution in [0, 0.1) is 6.92 Å². The maximum atomic E-state index is 5.47. The van der Waals surface area contributed by atoms with Gasteiger partial charge in [-0.05, 0) is 44.8 Å². The van der Waals surface area contributed by atoms with Crippen LogP contribution in [0.5, 0.6) is 5.75 Å². The summed E-state index contributed by atoms with van der Waals surface area (Å²) in [4.78, 5) is 2.15. The molecule has 0 amide bonds. The highest BCUT2D eigenvalue weighted by atomic mass is 32.2. The molecule has 0 saturated heterocycles. The zero-order chi connectivity index (χ0) is 19.4. The smallest absolute Gasteiger partial charge is 0.226 e. The Morgan fingerprint density at radius 1 is 1.15 bits per heavy atom. The summed E-state index contributed by atoms with van der Waals surface area (Å²) in [7, 11) is 5.76. The Hall–Kier alpha value is -2.39. The summed E-state index contributed by atoms with van der Waals surface area (Å²) >= 11 is 1.52. The minimum atomic E-state index is 0.152. The molecule has 0 spiro atoms. The van der Waals surface area contributed by atoms with Gasteiger partial charge >= 0.3 is 0 Å². The minimum absolute atomic E-state index is 0.152. The van der Waals surface area contributed by atoms with Gasteiger partial charge in [-0.25, -0.2) is 0 Å². The third-order valence-corrected chi connectivity index (χ3v) is 5.10. The van der Waals surface area contributed by atoms with Gasteiger partial charge in [-0.2, -0.15) is 0 Å². The molecule has 2 aromatic heterocycles. The summed E-state index contributed by atoms with van der Waals surface area (Å²) in [5.41, 5.74) is 0.986. The zero-order valence-corrected chi connectivity index (χ0v) is 17.0. The quantitative estimate of drug-likeness (QED) is 0.544. The molecular formula is C18H24N6O2S. The molecule has 0 radical (unpaired) electrons. The molecule has 8 nitrogen and oxygen atoms in total. The van der Waals surface area contributed by atoms with Crippen LogP contribution in [0.25, 0.3) is 5.69 Å². The second-order valence-corrected chi connectivity index (χ2v) is 7.21. The Kier molecular flexibility index (Phi) is 6.12. The topological polar surface area (TPSA) is 82.1 Å². The number of methoxy groups -OCH3 is 1. The van der Waals surface area contributed by atoms with Gasteiger partial charge < -0.3 is 9.15 Å². The van der Waals surface area contributed by atoms with E-state index in [4.69, 9.17) is 9.15 Å². The first kappa shape index (κ1) is 19.4. The Morgan fingerprint density at radius 2 is 1.89 bits per heavy atom. The first-order valence-corrected chi connectivity index (χ1v) is 9.70. The summed E-state index contributed by atoms with van der Waals surface area (Å²) in [6.45, 7) is 3.92. The van der Waals surface area contributed by atoms with Crippen LogP contribution < -0.4 is 4.74 Å². The van der Waals surface area contributed by atoms with Crippen LogP contribution in [0.2, 0.25) is 0 Å². The maximum absolute atomic E-state index is 5.47. The molecule has 3 aromatic rings. The molecule has 0 aliphatic heterocycles. The second-order valence-electron chi connectivity index (χ2n) is 6.27. The molecular weight excluding hydrogens is 364 g/mol.